The molecule has 3 aromatic heterocycles. The molecule has 33 heavy (non-hydrogen) atoms. The van der Waals surface area contributed by atoms with Gasteiger partial charge in [0.15, 0.2) is 0 Å². The van der Waals surface area contributed by atoms with Crippen molar-refractivity contribution < 1.29 is 4.79 Å². The lowest BCUT2D eigenvalue weighted by atomic mass is 10.1. The van der Waals surface area contributed by atoms with Crippen LogP contribution in [0, 0.1) is 0 Å². The number of hydrogen-bond donors (Lipinski definition) is 3. The second-order valence-electron chi connectivity index (χ2n) is 7.87. The van der Waals surface area contributed by atoms with Crippen LogP contribution >= 0.6 is 0 Å². The molecule has 3 N–H and O–H groups in total. The first kappa shape index (κ1) is 19.0. The maximum atomic E-state index is 12.7. The lowest BCUT2D eigenvalue weighted by Crippen LogP contribution is -2.11. The average molecular weight is 429 g/mol. The van der Waals surface area contributed by atoms with Crippen molar-refractivity contribution >= 4 is 33.5 Å². The molecule has 3 heterocycles. The Balaban J connectivity index is 1.23. The fraction of sp³-hybridized carbons (Fsp3) is 0. The van der Waals surface area contributed by atoms with E-state index in [9.17, 15) is 4.79 Å². The molecule has 0 spiro atoms. The first-order chi connectivity index (χ1) is 16.2. The zero-order valence-corrected chi connectivity index (χ0v) is 17.5. The lowest BCUT2D eigenvalue weighted by Gasteiger charge is -2.06. The quantitative estimate of drug-likeness (QED) is 0.320. The molecule has 0 fully saturated rings. The van der Waals surface area contributed by atoms with Gasteiger partial charge < -0.3 is 15.3 Å². The molecule has 0 atom stereocenters. The fourth-order valence-corrected chi connectivity index (χ4v) is 3.97. The molecular weight excluding hydrogens is 410 g/mol. The first-order valence-electron chi connectivity index (χ1n) is 10.6. The summed E-state index contributed by atoms with van der Waals surface area (Å²) in [7, 11) is 0. The Hall–Kier alpha value is -4.71. The number of hydrogen-bond acceptors (Lipinski definition) is 3. The van der Waals surface area contributed by atoms with Crippen LogP contribution in [0.1, 0.15) is 10.4 Å². The molecule has 0 saturated heterocycles. The van der Waals surface area contributed by atoms with E-state index in [2.05, 4.69) is 26.3 Å². The fourth-order valence-electron chi connectivity index (χ4n) is 3.97. The van der Waals surface area contributed by atoms with Gasteiger partial charge in [0.1, 0.15) is 5.82 Å². The van der Waals surface area contributed by atoms with Crippen LogP contribution in [0.25, 0.3) is 44.5 Å². The van der Waals surface area contributed by atoms with Crippen molar-refractivity contribution in [3.05, 3.63) is 103 Å². The number of carbonyl (C=O) groups is 1. The Kier molecular flexibility index (Phi) is 4.47. The van der Waals surface area contributed by atoms with E-state index < -0.39 is 0 Å². The van der Waals surface area contributed by atoms with Crippen LogP contribution in [0.3, 0.4) is 0 Å². The van der Waals surface area contributed by atoms with Gasteiger partial charge in [0.2, 0.25) is 0 Å². The van der Waals surface area contributed by atoms with Crippen molar-refractivity contribution in [2.45, 2.75) is 0 Å². The van der Waals surface area contributed by atoms with Crippen LogP contribution in [0.4, 0.5) is 5.69 Å². The van der Waals surface area contributed by atoms with E-state index in [1.165, 1.54) is 0 Å². The highest BCUT2D eigenvalue weighted by molar-refractivity contribution is 6.05. The number of H-pyrrole nitrogens is 2. The summed E-state index contributed by atoms with van der Waals surface area (Å²) in [5, 5.41) is 4.06. The van der Waals surface area contributed by atoms with Crippen molar-refractivity contribution in [3.8, 4) is 22.5 Å². The molecule has 0 aliphatic heterocycles. The number of imidazole rings is 1. The Bertz CT molecular complexity index is 1600. The van der Waals surface area contributed by atoms with Crippen LogP contribution in [0.5, 0.6) is 0 Å². The number of benzene rings is 3. The molecule has 6 aromatic rings. The number of carbonyl (C=O) groups excluding carboxylic acids is 1. The van der Waals surface area contributed by atoms with Gasteiger partial charge in [-0.25, -0.2) is 4.98 Å². The van der Waals surface area contributed by atoms with Crippen molar-refractivity contribution in [1.29, 1.82) is 0 Å². The summed E-state index contributed by atoms with van der Waals surface area (Å²) in [4.78, 5) is 28.1. The Labute approximate surface area is 189 Å². The minimum Gasteiger partial charge on any atom is -0.361 e. The highest BCUT2D eigenvalue weighted by Gasteiger charge is 2.10. The number of aromatic nitrogens is 4. The maximum absolute atomic E-state index is 12.7. The zero-order valence-electron chi connectivity index (χ0n) is 17.5. The van der Waals surface area contributed by atoms with Gasteiger partial charge in [0, 0.05) is 46.5 Å². The van der Waals surface area contributed by atoms with Crippen molar-refractivity contribution in [2.75, 3.05) is 5.32 Å². The molecule has 0 aliphatic carbocycles. The van der Waals surface area contributed by atoms with Crippen LogP contribution in [0.15, 0.2) is 97.5 Å². The molecular formula is C27H19N5O. The highest BCUT2D eigenvalue weighted by atomic mass is 16.1. The van der Waals surface area contributed by atoms with Gasteiger partial charge in [-0.1, -0.05) is 30.3 Å². The first-order valence-corrected chi connectivity index (χ1v) is 10.6. The Morgan fingerprint density at radius 2 is 1.70 bits per heavy atom. The number of pyridine rings is 1. The molecule has 0 aliphatic rings. The summed E-state index contributed by atoms with van der Waals surface area (Å²) in [6, 6.07) is 25.3. The molecule has 6 nitrogen and oxygen atoms in total. The largest absolute Gasteiger partial charge is 0.361 e. The Morgan fingerprint density at radius 1 is 0.818 bits per heavy atom. The van der Waals surface area contributed by atoms with Gasteiger partial charge in [-0.2, -0.15) is 0 Å². The predicted molar refractivity (Wildman–Crippen MR) is 131 cm³/mol. The number of amides is 1. The summed E-state index contributed by atoms with van der Waals surface area (Å²) in [5.74, 6) is 0.607. The third-order valence-corrected chi connectivity index (χ3v) is 5.71. The molecule has 1 amide bonds. The minimum atomic E-state index is -0.154. The number of nitrogens with one attached hydrogen (secondary N) is 3. The number of fused-ring (bicyclic) bond motifs is 2. The third kappa shape index (κ3) is 3.64. The maximum Gasteiger partial charge on any atom is 0.255 e. The summed E-state index contributed by atoms with van der Waals surface area (Å²) < 4.78 is 0. The van der Waals surface area contributed by atoms with Gasteiger partial charge in [0.05, 0.1) is 11.0 Å². The minimum absolute atomic E-state index is 0.154. The van der Waals surface area contributed by atoms with Gasteiger partial charge in [-0.05, 0) is 59.5 Å². The molecule has 0 saturated carbocycles. The SMILES string of the molecule is O=C(Nc1ccc2cc[nH]c2c1)c1ccc(-c2nc3ccc(-c4cccnc4)cc3[nH]2)cc1. The average Bonchev–Trinajstić information content (AvgIpc) is 3.51. The van der Waals surface area contributed by atoms with Crippen molar-refractivity contribution in [2.24, 2.45) is 0 Å². The monoisotopic (exact) mass is 429 g/mol. The molecule has 3 aromatic carbocycles. The standard InChI is InChI=1S/C27H19N5O/c33-27(30-22-9-7-17-11-13-29-24(17)15-22)19-5-3-18(4-6-19)26-31-23-10-8-20(14-25(23)32-26)21-2-1-12-28-16-21/h1-16,29H,(H,30,33)(H,31,32). The number of anilines is 1. The van der Waals surface area contributed by atoms with E-state index in [1.807, 2.05) is 85.2 Å². The highest BCUT2D eigenvalue weighted by Crippen LogP contribution is 2.26. The molecule has 0 radical (unpaired) electrons. The normalized spacial score (nSPS) is 11.2. The molecule has 0 unspecified atom stereocenters. The Morgan fingerprint density at radius 3 is 2.55 bits per heavy atom. The number of nitrogens with zero attached hydrogens (tertiary/aromatic N) is 2. The molecule has 0 bridgehead atoms. The van der Waals surface area contributed by atoms with Gasteiger partial charge in [-0.15, -0.1) is 0 Å². The topological polar surface area (TPSA) is 86.5 Å². The van der Waals surface area contributed by atoms with Gasteiger partial charge in [0.25, 0.3) is 5.91 Å². The van der Waals surface area contributed by atoms with Crippen LogP contribution < -0.4 is 5.32 Å². The van der Waals surface area contributed by atoms with Crippen LogP contribution in [0.2, 0.25) is 0 Å². The molecule has 6 rings (SSSR count). The molecule has 158 valence electrons. The van der Waals surface area contributed by atoms with Crippen LogP contribution in [-0.4, -0.2) is 25.8 Å². The summed E-state index contributed by atoms with van der Waals surface area (Å²) >= 11 is 0. The van der Waals surface area contributed by atoms with E-state index in [0.29, 0.717) is 5.56 Å². The summed E-state index contributed by atoms with van der Waals surface area (Å²) in [6.45, 7) is 0. The molecule has 6 heteroatoms. The van der Waals surface area contributed by atoms with E-state index in [4.69, 9.17) is 4.98 Å². The van der Waals surface area contributed by atoms with Gasteiger partial charge in [-0.3, -0.25) is 9.78 Å². The van der Waals surface area contributed by atoms with E-state index >= 15 is 0 Å². The second-order valence-corrected chi connectivity index (χ2v) is 7.87. The van der Waals surface area contributed by atoms with Gasteiger partial charge >= 0.3 is 0 Å². The van der Waals surface area contributed by atoms with Crippen molar-refractivity contribution in [1.82, 2.24) is 19.9 Å². The second kappa shape index (κ2) is 7.76. The summed E-state index contributed by atoms with van der Waals surface area (Å²) in [5.41, 5.74) is 7.21. The lowest BCUT2D eigenvalue weighted by molar-refractivity contribution is 0.102. The van der Waals surface area contributed by atoms with E-state index in [1.54, 1.807) is 6.20 Å². The number of aromatic amines is 2. The predicted octanol–water partition coefficient (Wildman–Crippen LogP) is 6.03. The van der Waals surface area contributed by atoms with E-state index in [0.717, 1.165) is 50.1 Å². The van der Waals surface area contributed by atoms with Crippen LogP contribution in [-0.2, 0) is 0 Å². The zero-order chi connectivity index (χ0) is 22.2. The van der Waals surface area contributed by atoms with Crippen molar-refractivity contribution in [3.63, 3.8) is 0 Å². The van der Waals surface area contributed by atoms with E-state index in [-0.39, 0.29) is 5.91 Å². The third-order valence-electron chi connectivity index (χ3n) is 5.71. The smallest absolute Gasteiger partial charge is 0.255 e. The summed E-state index contributed by atoms with van der Waals surface area (Å²) in [6.07, 6.45) is 5.49. The number of rotatable bonds is 4.